The Morgan fingerprint density at radius 2 is 0.549 bits per heavy atom. The average Bonchev–Trinajstić information content (AvgIpc) is 3.37. The van der Waals surface area contributed by atoms with E-state index < -0.39 is 6.10 Å². The summed E-state index contributed by atoms with van der Waals surface area (Å²) in [7, 11) is 0. The quantitative estimate of drug-likeness (QED) is 0.0261. The molecule has 0 radical (unpaired) electrons. The first-order valence-corrected chi connectivity index (χ1v) is 30.1. The molecule has 0 fully saturated rings. The van der Waals surface area contributed by atoms with Crippen molar-refractivity contribution in [2.45, 2.75) is 297 Å². The minimum atomic E-state index is -0.797. The van der Waals surface area contributed by atoms with Gasteiger partial charge in [0.15, 0.2) is 6.10 Å². The van der Waals surface area contributed by atoms with Crippen LogP contribution in [0.25, 0.3) is 0 Å². The van der Waals surface area contributed by atoms with Crippen molar-refractivity contribution in [2.75, 3.05) is 13.2 Å². The molecule has 0 aromatic heterocycles. The van der Waals surface area contributed by atoms with Crippen molar-refractivity contribution in [1.29, 1.82) is 0 Å². The van der Waals surface area contributed by atoms with Crippen LogP contribution in [0.1, 0.15) is 290 Å². The third kappa shape index (κ3) is 57.4. The first-order valence-electron chi connectivity index (χ1n) is 30.1. The third-order valence-electron chi connectivity index (χ3n) is 12.9. The van der Waals surface area contributed by atoms with Gasteiger partial charge in [-0.25, -0.2) is 0 Å². The van der Waals surface area contributed by atoms with Crippen molar-refractivity contribution < 1.29 is 28.6 Å². The summed E-state index contributed by atoms with van der Waals surface area (Å²) < 4.78 is 16.9. The number of esters is 3. The van der Waals surface area contributed by atoms with Gasteiger partial charge < -0.3 is 14.2 Å². The average molecular weight is 990 g/mol. The van der Waals surface area contributed by atoms with Crippen LogP contribution in [0, 0.1) is 0 Å². The molecule has 0 amide bonds. The Morgan fingerprint density at radius 1 is 0.296 bits per heavy atom. The Labute approximate surface area is 439 Å². The third-order valence-corrected chi connectivity index (χ3v) is 12.9. The molecule has 0 spiro atoms. The lowest BCUT2D eigenvalue weighted by molar-refractivity contribution is -0.167. The molecule has 408 valence electrons. The van der Waals surface area contributed by atoms with E-state index in [0.29, 0.717) is 19.3 Å². The summed E-state index contributed by atoms with van der Waals surface area (Å²) in [5.41, 5.74) is 0. The van der Waals surface area contributed by atoms with Crippen LogP contribution < -0.4 is 0 Å². The fourth-order valence-electron chi connectivity index (χ4n) is 8.45. The monoisotopic (exact) mass is 989 g/mol. The van der Waals surface area contributed by atoms with Crippen LogP contribution in [0.3, 0.4) is 0 Å². The Hall–Kier alpha value is -3.41. The number of carbonyl (C=O) groups excluding carboxylic acids is 3. The molecule has 0 rings (SSSR count). The number of ether oxygens (including phenoxy) is 3. The van der Waals surface area contributed by atoms with Gasteiger partial charge in [-0.1, -0.05) is 266 Å². The van der Waals surface area contributed by atoms with Crippen LogP contribution in [-0.2, 0) is 28.6 Å². The number of carbonyl (C=O) groups is 3. The normalized spacial score (nSPS) is 12.7. The second kappa shape index (κ2) is 59.2. The number of hydrogen-bond acceptors (Lipinski definition) is 6. The lowest BCUT2D eigenvalue weighted by Crippen LogP contribution is -2.30. The highest BCUT2D eigenvalue weighted by Crippen LogP contribution is 2.16. The Kier molecular flexibility index (Phi) is 56.3. The van der Waals surface area contributed by atoms with Crippen molar-refractivity contribution in [3.63, 3.8) is 0 Å². The van der Waals surface area contributed by atoms with Gasteiger partial charge in [-0.05, 0) is 89.9 Å². The molecule has 0 bridgehead atoms. The van der Waals surface area contributed by atoms with Gasteiger partial charge in [-0.2, -0.15) is 0 Å². The number of rotatable bonds is 54. The van der Waals surface area contributed by atoms with E-state index in [2.05, 4.69) is 106 Å². The molecule has 0 aliphatic carbocycles. The molecular formula is C65H112O6. The highest BCUT2D eigenvalue weighted by Gasteiger charge is 2.19. The van der Waals surface area contributed by atoms with Crippen molar-refractivity contribution >= 4 is 17.9 Å². The van der Waals surface area contributed by atoms with Gasteiger partial charge in [0.25, 0.3) is 0 Å². The Balaban J connectivity index is 4.39. The van der Waals surface area contributed by atoms with E-state index in [1.165, 1.54) is 116 Å². The fourth-order valence-corrected chi connectivity index (χ4v) is 8.45. The molecule has 1 atom stereocenters. The van der Waals surface area contributed by atoms with Crippen LogP contribution in [0.5, 0.6) is 0 Å². The van der Waals surface area contributed by atoms with E-state index in [9.17, 15) is 14.4 Å². The van der Waals surface area contributed by atoms with Gasteiger partial charge in [-0.3, -0.25) is 14.4 Å². The standard InChI is InChI=1S/C65H112O6/c1-4-7-10-13-16-19-22-25-28-30-31-32-33-35-37-40-43-46-49-52-55-58-64(67)70-61-62(60-69-63(66)57-54-51-48-45-42-39-36-27-24-21-18-15-12-9-6-3)71-65(68)59-56-53-50-47-44-41-38-34-29-26-23-20-17-14-11-8-5-2/h8-9,11-12,17-18,20-21,26-27,29,36,38,41,62H,4-7,10,13-16,19,22-25,28,30-35,37,39-40,42-61H2,1-3H3/b11-8-,12-9-,20-17-,21-18-,29-26-,36-27-,41-38-. The van der Waals surface area contributed by atoms with Crippen molar-refractivity contribution in [1.82, 2.24) is 0 Å². The van der Waals surface area contributed by atoms with Crippen LogP contribution in [0.2, 0.25) is 0 Å². The number of hydrogen-bond donors (Lipinski definition) is 0. The maximum atomic E-state index is 12.9. The topological polar surface area (TPSA) is 78.9 Å². The minimum absolute atomic E-state index is 0.0903. The second-order valence-electron chi connectivity index (χ2n) is 19.9. The summed E-state index contributed by atoms with van der Waals surface area (Å²) in [5, 5.41) is 0. The molecule has 71 heavy (non-hydrogen) atoms. The van der Waals surface area contributed by atoms with Crippen molar-refractivity contribution in [3.8, 4) is 0 Å². The van der Waals surface area contributed by atoms with E-state index in [0.717, 1.165) is 135 Å². The summed E-state index contributed by atoms with van der Waals surface area (Å²) >= 11 is 0. The molecular weight excluding hydrogens is 877 g/mol. The zero-order valence-electron chi connectivity index (χ0n) is 46.7. The largest absolute Gasteiger partial charge is 0.462 e. The van der Waals surface area contributed by atoms with E-state index in [1.54, 1.807) is 0 Å². The predicted molar refractivity (Wildman–Crippen MR) is 307 cm³/mol. The van der Waals surface area contributed by atoms with Gasteiger partial charge in [0.05, 0.1) is 0 Å². The smallest absolute Gasteiger partial charge is 0.306 e. The maximum absolute atomic E-state index is 12.9. The number of unbranched alkanes of at least 4 members (excludes halogenated alkanes) is 29. The molecule has 0 aliphatic rings. The van der Waals surface area contributed by atoms with E-state index in [-0.39, 0.29) is 31.1 Å². The van der Waals surface area contributed by atoms with Gasteiger partial charge >= 0.3 is 17.9 Å². The lowest BCUT2D eigenvalue weighted by atomic mass is 10.0. The zero-order chi connectivity index (χ0) is 51.4. The molecule has 0 heterocycles. The van der Waals surface area contributed by atoms with E-state index >= 15 is 0 Å². The molecule has 1 unspecified atom stereocenters. The SMILES string of the molecule is CC/C=C\C/C=C\C/C=C\C/C=C\CCCCCCC(=O)OC(COC(=O)CCCCCCC/C=C\C/C=C\C/C=C\CC)COC(=O)CCCCCCCCCCCCCCCCCCCCCCC. The Bertz CT molecular complexity index is 1370. The zero-order valence-corrected chi connectivity index (χ0v) is 46.7. The molecule has 0 saturated carbocycles. The summed E-state index contributed by atoms with van der Waals surface area (Å²) in [6.45, 7) is 6.41. The summed E-state index contributed by atoms with van der Waals surface area (Å²) in [6, 6.07) is 0. The van der Waals surface area contributed by atoms with Gasteiger partial charge in [0.1, 0.15) is 13.2 Å². The van der Waals surface area contributed by atoms with Crippen LogP contribution in [0.15, 0.2) is 85.1 Å². The summed E-state index contributed by atoms with van der Waals surface area (Å²) in [6.07, 6.45) is 77.3. The Morgan fingerprint density at radius 3 is 0.859 bits per heavy atom. The molecule has 6 nitrogen and oxygen atoms in total. The lowest BCUT2D eigenvalue weighted by Gasteiger charge is -2.18. The van der Waals surface area contributed by atoms with E-state index in [1.807, 2.05) is 0 Å². The molecule has 0 aliphatic heterocycles. The predicted octanol–water partition coefficient (Wildman–Crippen LogP) is 20.3. The second-order valence-corrected chi connectivity index (χ2v) is 19.9. The van der Waals surface area contributed by atoms with Gasteiger partial charge in [0, 0.05) is 19.3 Å². The highest BCUT2D eigenvalue weighted by atomic mass is 16.6. The number of allylic oxidation sites excluding steroid dienone is 14. The fraction of sp³-hybridized carbons (Fsp3) is 0.738. The summed E-state index contributed by atoms with van der Waals surface area (Å²) in [5.74, 6) is -0.922. The molecule has 0 aromatic carbocycles. The van der Waals surface area contributed by atoms with Crippen LogP contribution in [-0.4, -0.2) is 37.2 Å². The van der Waals surface area contributed by atoms with Gasteiger partial charge in [-0.15, -0.1) is 0 Å². The molecule has 0 N–H and O–H groups in total. The molecule has 0 saturated heterocycles. The van der Waals surface area contributed by atoms with Gasteiger partial charge in [0.2, 0.25) is 0 Å². The maximum Gasteiger partial charge on any atom is 0.306 e. The van der Waals surface area contributed by atoms with E-state index in [4.69, 9.17) is 14.2 Å². The molecule has 6 heteroatoms. The summed E-state index contributed by atoms with van der Waals surface area (Å²) in [4.78, 5) is 38.2. The molecule has 0 aromatic rings. The first-order chi connectivity index (χ1) is 35.0. The first kappa shape index (κ1) is 67.6. The van der Waals surface area contributed by atoms with Crippen LogP contribution in [0.4, 0.5) is 0 Å². The van der Waals surface area contributed by atoms with Crippen LogP contribution >= 0.6 is 0 Å². The highest BCUT2D eigenvalue weighted by molar-refractivity contribution is 5.71. The van der Waals surface area contributed by atoms with Crippen molar-refractivity contribution in [2.24, 2.45) is 0 Å². The minimum Gasteiger partial charge on any atom is -0.462 e. The van der Waals surface area contributed by atoms with Crippen molar-refractivity contribution in [3.05, 3.63) is 85.1 Å².